The van der Waals surface area contributed by atoms with Crippen molar-refractivity contribution in [1.29, 1.82) is 0 Å². The van der Waals surface area contributed by atoms with Crippen LogP contribution in [-0.4, -0.2) is 25.8 Å². The quantitative estimate of drug-likeness (QED) is 0.636. The lowest BCUT2D eigenvalue weighted by molar-refractivity contribution is -0.119. The molecule has 0 aliphatic heterocycles. The molecule has 1 amide bonds. The normalized spacial score (nSPS) is 10.5. The molecule has 2 aromatic carbocycles. The monoisotopic (exact) mass is 297 g/mol. The van der Waals surface area contributed by atoms with Crippen LogP contribution in [0.3, 0.4) is 0 Å². The van der Waals surface area contributed by atoms with Crippen LogP contribution in [0.4, 0.5) is 5.69 Å². The average Bonchev–Trinajstić information content (AvgIpc) is 2.55. The van der Waals surface area contributed by atoms with Crippen molar-refractivity contribution in [3.63, 3.8) is 0 Å². The topological polar surface area (TPSA) is 62.7 Å². The maximum atomic E-state index is 11.8. The summed E-state index contributed by atoms with van der Waals surface area (Å²) in [4.78, 5) is 11.8. The smallest absolute Gasteiger partial charge is 0.259 e. The fraction of sp³-hybridized carbons (Fsp3) is 0.176. The van der Waals surface area contributed by atoms with E-state index in [1.807, 2.05) is 55.5 Å². The van der Waals surface area contributed by atoms with Gasteiger partial charge in [0.15, 0.2) is 0 Å². The van der Waals surface area contributed by atoms with E-state index in [0.717, 1.165) is 16.8 Å². The summed E-state index contributed by atoms with van der Waals surface area (Å²) in [6.07, 6.45) is 1.64. The number of hydrogen-bond donors (Lipinski definition) is 2. The first-order chi connectivity index (χ1) is 10.7. The van der Waals surface area contributed by atoms with Crippen LogP contribution in [-0.2, 0) is 4.79 Å². The molecule has 0 fully saturated rings. The predicted molar refractivity (Wildman–Crippen MR) is 88.4 cm³/mol. The first-order valence-electron chi connectivity index (χ1n) is 6.95. The van der Waals surface area contributed by atoms with E-state index < -0.39 is 0 Å². The minimum absolute atomic E-state index is 0.117. The van der Waals surface area contributed by atoms with Crippen LogP contribution in [0, 0.1) is 6.92 Å². The molecule has 0 aliphatic carbocycles. The van der Waals surface area contributed by atoms with Crippen LogP contribution in [0.15, 0.2) is 53.6 Å². The van der Waals surface area contributed by atoms with Gasteiger partial charge in [0.25, 0.3) is 5.91 Å². The number of ether oxygens (including phenoxy) is 1. The summed E-state index contributed by atoms with van der Waals surface area (Å²) in [5.41, 5.74) is 5.34. The summed E-state index contributed by atoms with van der Waals surface area (Å²) < 4.78 is 5.21. The van der Waals surface area contributed by atoms with Crippen LogP contribution in [0.5, 0.6) is 5.75 Å². The van der Waals surface area contributed by atoms with Gasteiger partial charge >= 0.3 is 0 Å². The zero-order valence-electron chi connectivity index (χ0n) is 12.7. The van der Waals surface area contributed by atoms with Crippen LogP contribution in [0.25, 0.3) is 0 Å². The SMILES string of the molecule is COc1ccccc1NCC(=O)N/N=C/c1ccccc1C. The number of nitrogens with zero attached hydrogens (tertiary/aromatic N) is 1. The number of rotatable bonds is 6. The molecule has 0 saturated heterocycles. The molecule has 0 aliphatic rings. The average molecular weight is 297 g/mol. The molecule has 5 nitrogen and oxygen atoms in total. The fourth-order valence-corrected chi connectivity index (χ4v) is 1.91. The van der Waals surface area contributed by atoms with Gasteiger partial charge in [-0.1, -0.05) is 36.4 Å². The number of amides is 1. The molecule has 2 aromatic rings. The van der Waals surface area contributed by atoms with Gasteiger partial charge in [-0.2, -0.15) is 5.10 Å². The highest BCUT2D eigenvalue weighted by atomic mass is 16.5. The molecule has 0 bridgehead atoms. The number of carbonyl (C=O) groups excluding carboxylic acids is 1. The second-order valence-electron chi connectivity index (χ2n) is 4.70. The van der Waals surface area contributed by atoms with Crippen molar-refractivity contribution < 1.29 is 9.53 Å². The van der Waals surface area contributed by atoms with Crippen molar-refractivity contribution >= 4 is 17.8 Å². The Morgan fingerprint density at radius 2 is 1.91 bits per heavy atom. The molecule has 0 saturated carbocycles. The van der Waals surface area contributed by atoms with Gasteiger partial charge in [0.2, 0.25) is 0 Å². The second kappa shape index (κ2) is 7.83. The van der Waals surface area contributed by atoms with Gasteiger partial charge in [-0.15, -0.1) is 0 Å². The Morgan fingerprint density at radius 3 is 2.68 bits per heavy atom. The van der Waals surface area contributed by atoms with Gasteiger partial charge in [-0.05, 0) is 30.2 Å². The van der Waals surface area contributed by atoms with Crippen molar-refractivity contribution in [3.8, 4) is 5.75 Å². The molecule has 0 radical (unpaired) electrons. The van der Waals surface area contributed by atoms with Crippen molar-refractivity contribution in [3.05, 3.63) is 59.7 Å². The highest BCUT2D eigenvalue weighted by molar-refractivity contribution is 5.85. The number of benzene rings is 2. The molecule has 0 heterocycles. The molecule has 22 heavy (non-hydrogen) atoms. The summed E-state index contributed by atoms with van der Waals surface area (Å²) in [5.74, 6) is 0.467. The van der Waals surface area contributed by atoms with E-state index in [-0.39, 0.29) is 12.5 Å². The lowest BCUT2D eigenvalue weighted by Crippen LogP contribution is -2.26. The standard InChI is InChI=1S/C17H19N3O2/c1-13-7-3-4-8-14(13)11-19-20-17(21)12-18-15-9-5-6-10-16(15)22-2/h3-11,18H,12H2,1-2H3,(H,20,21)/b19-11+. The second-order valence-corrected chi connectivity index (χ2v) is 4.70. The molecule has 0 aromatic heterocycles. The van der Waals surface area contributed by atoms with Gasteiger partial charge in [0.1, 0.15) is 5.75 Å². The third-order valence-electron chi connectivity index (χ3n) is 3.13. The van der Waals surface area contributed by atoms with Crippen LogP contribution >= 0.6 is 0 Å². The van der Waals surface area contributed by atoms with Crippen molar-refractivity contribution in [2.45, 2.75) is 6.92 Å². The summed E-state index contributed by atoms with van der Waals surface area (Å²) in [7, 11) is 1.59. The van der Waals surface area contributed by atoms with E-state index in [2.05, 4.69) is 15.8 Å². The van der Waals surface area contributed by atoms with Crippen LogP contribution in [0.1, 0.15) is 11.1 Å². The maximum Gasteiger partial charge on any atom is 0.259 e. The molecule has 2 rings (SSSR count). The number of para-hydroxylation sites is 2. The van der Waals surface area contributed by atoms with Crippen LogP contribution in [0.2, 0.25) is 0 Å². The largest absolute Gasteiger partial charge is 0.495 e. The van der Waals surface area contributed by atoms with E-state index in [1.165, 1.54) is 0 Å². The van der Waals surface area contributed by atoms with Gasteiger partial charge in [0.05, 0.1) is 25.6 Å². The van der Waals surface area contributed by atoms with E-state index >= 15 is 0 Å². The molecule has 5 heteroatoms. The third kappa shape index (κ3) is 4.34. The number of carbonyl (C=O) groups is 1. The Hall–Kier alpha value is -2.82. The van der Waals surface area contributed by atoms with E-state index in [4.69, 9.17) is 4.74 Å². The predicted octanol–water partition coefficient (Wildman–Crippen LogP) is 2.57. The Bertz CT molecular complexity index is 668. The molecule has 2 N–H and O–H groups in total. The maximum absolute atomic E-state index is 11.8. The molecule has 0 unspecified atom stereocenters. The van der Waals surface area contributed by atoms with Gasteiger partial charge in [-0.25, -0.2) is 5.43 Å². The Labute approximate surface area is 130 Å². The molecule has 114 valence electrons. The highest BCUT2D eigenvalue weighted by Crippen LogP contribution is 2.22. The Kier molecular flexibility index (Phi) is 5.54. The number of hydrazone groups is 1. The highest BCUT2D eigenvalue weighted by Gasteiger charge is 2.03. The summed E-state index contributed by atoms with van der Waals surface area (Å²) in [6.45, 7) is 2.11. The van der Waals surface area contributed by atoms with Crippen molar-refractivity contribution in [2.24, 2.45) is 5.10 Å². The van der Waals surface area contributed by atoms with Crippen LogP contribution < -0.4 is 15.5 Å². The van der Waals surface area contributed by atoms with Gasteiger partial charge in [-0.3, -0.25) is 4.79 Å². The Morgan fingerprint density at radius 1 is 1.18 bits per heavy atom. The van der Waals surface area contributed by atoms with E-state index in [9.17, 15) is 4.79 Å². The molecular formula is C17H19N3O2. The lowest BCUT2D eigenvalue weighted by atomic mass is 10.1. The minimum atomic E-state index is -0.226. The number of hydrogen-bond acceptors (Lipinski definition) is 4. The first-order valence-corrected chi connectivity index (χ1v) is 6.95. The van der Waals surface area contributed by atoms with E-state index in [0.29, 0.717) is 5.75 Å². The summed E-state index contributed by atoms with van der Waals surface area (Å²) in [5, 5.41) is 6.97. The zero-order valence-corrected chi connectivity index (χ0v) is 12.7. The first kappa shape index (κ1) is 15.6. The lowest BCUT2D eigenvalue weighted by Gasteiger charge is -2.09. The van der Waals surface area contributed by atoms with E-state index in [1.54, 1.807) is 13.3 Å². The molecule has 0 atom stereocenters. The fourth-order valence-electron chi connectivity index (χ4n) is 1.91. The molecular weight excluding hydrogens is 278 g/mol. The number of aryl methyl sites for hydroxylation is 1. The minimum Gasteiger partial charge on any atom is -0.495 e. The van der Waals surface area contributed by atoms with Gasteiger partial charge < -0.3 is 10.1 Å². The third-order valence-corrected chi connectivity index (χ3v) is 3.13. The molecule has 0 spiro atoms. The van der Waals surface area contributed by atoms with Crippen molar-refractivity contribution in [1.82, 2.24) is 5.43 Å². The zero-order chi connectivity index (χ0) is 15.8. The number of methoxy groups -OCH3 is 1. The number of nitrogens with one attached hydrogen (secondary N) is 2. The summed E-state index contributed by atoms with van der Waals surface area (Å²) in [6, 6.07) is 15.3. The Balaban J connectivity index is 1.85. The van der Waals surface area contributed by atoms with Crippen molar-refractivity contribution in [2.75, 3.05) is 19.0 Å². The van der Waals surface area contributed by atoms with Gasteiger partial charge in [0, 0.05) is 0 Å². The summed E-state index contributed by atoms with van der Waals surface area (Å²) >= 11 is 0. The number of anilines is 1.